The van der Waals surface area contributed by atoms with E-state index in [9.17, 15) is 22.6 Å². The van der Waals surface area contributed by atoms with Crippen molar-refractivity contribution in [2.75, 3.05) is 19.7 Å². The molecule has 4 N–H and O–H groups in total. The van der Waals surface area contributed by atoms with Crippen molar-refractivity contribution in [3.05, 3.63) is 28.8 Å². The number of nitrogens with one attached hydrogen (secondary N) is 1. The van der Waals surface area contributed by atoms with Gasteiger partial charge < -0.3 is 15.8 Å². The van der Waals surface area contributed by atoms with Gasteiger partial charge >= 0.3 is 6.09 Å². The number of ether oxygens (including phenoxy) is 1. The SMILES string of the molecule is CCCN(OCC)C(=O)C1=Cc2c(CCCCCNC(=O)OC(C)(C)C)cc(S(=O)(=O)O)cc2N=C(N)C1. The molecule has 0 fully saturated rings. The summed E-state index contributed by atoms with van der Waals surface area (Å²) in [4.78, 5) is 34.6. The number of amidine groups is 1. The van der Waals surface area contributed by atoms with E-state index >= 15 is 0 Å². The summed E-state index contributed by atoms with van der Waals surface area (Å²) in [6.07, 6.45) is 4.49. The van der Waals surface area contributed by atoms with Crippen LogP contribution in [0.2, 0.25) is 0 Å². The number of hydrogen-bond acceptors (Lipinski definition) is 8. The summed E-state index contributed by atoms with van der Waals surface area (Å²) in [5.74, 6) is -0.194. The summed E-state index contributed by atoms with van der Waals surface area (Å²) in [6, 6.07) is 2.65. The van der Waals surface area contributed by atoms with Crippen LogP contribution in [0.3, 0.4) is 0 Å². The highest BCUT2D eigenvalue weighted by Gasteiger charge is 2.24. The van der Waals surface area contributed by atoms with Crippen LogP contribution < -0.4 is 11.1 Å². The lowest BCUT2D eigenvalue weighted by atomic mass is 9.97. The lowest BCUT2D eigenvalue weighted by molar-refractivity contribution is -0.180. The molecular formula is C26H40N4O7S. The van der Waals surface area contributed by atoms with E-state index in [0.717, 1.165) is 6.42 Å². The standard InChI is InChI=1S/C26H40N4O7S/c1-6-13-30(36-7-2)24(31)19-15-21-18(11-9-8-10-12-28-25(32)37-26(3,4)5)14-20(38(33,34)35)17-22(21)29-23(27)16-19/h14-15,17H,6-13,16H2,1-5H3,(H2,27,29)(H,28,32)(H,33,34,35). The first-order chi connectivity index (χ1) is 17.7. The number of amides is 2. The largest absolute Gasteiger partial charge is 0.444 e. The van der Waals surface area contributed by atoms with Crippen molar-refractivity contribution in [1.29, 1.82) is 0 Å². The predicted molar refractivity (Wildman–Crippen MR) is 146 cm³/mol. The number of aryl methyl sites for hydroxylation is 1. The second-order valence-electron chi connectivity index (χ2n) is 10.0. The maximum absolute atomic E-state index is 13.2. The molecule has 2 amide bonds. The molecule has 38 heavy (non-hydrogen) atoms. The molecule has 0 radical (unpaired) electrons. The number of hydroxylamine groups is 2. The minimum atomic E-state index is -4.50. The first-order valence-electron chi connectivity index (χ1n) is 12.8. The summed E-state index contributed by atoms with van der Waals surface area (Å²) < 4.78 is 38.8. The Kier molecular flexibility index (Phi) is 11.3. The number of carbonyl (C=O) groups excluding carboxylic acids is 2. The van der Waals surface area contributed by atoms with Crippen LogP contribution >= 0.6 is 0 Å². The van der Waals surface area contributed by atoms with Crippen LogP contribution in [-0.4, -0.2) is 61.2 Å². The maximum atomic E-state index is 13.2. The zero-order valence-corrected chi connectivity index (χ0v) is 23.7. The summed E-state index contributed by atoms with van der Waals surface area (Å²) in [6.45, 7) is 10.3. The lowest BCUT2D eigenvalue weighted by Crippen LogP contribution is -2.34. The van der Waals surface area contributed by atoms with E-state index in [1.165, 1.54) is 17.2 Å². The first kappa shape index (κ1) is 31.3. The maximum Gasteiger partial charge on any atom is 0.407 e. The normalized spacial score (nSPS) is 13.6. The van der Waals surface area contributed by atoms with Crippen molar-refractivity contribution in [3.8, 4) is 0 Å². The van der Waals surface area contributed by atoms with Crippen LogP contribution in [0.1, 0.15) is 77.8 Å². The number of alkyl carbamates (subject to hydrolysis) is 1. The van der Waals surface area contributed by atoms with Gasteiger partial charge in [-0.3, -0.25) is 14.2 Å². The minimum absolute atomic E-state index is 0.0672. The van der Waals surface area contributed by atoms with Gasteiger partial charge in [-0.2, -0.15) is 8.42 Å². The number of fused-ring (bicyclic) bond motifs is 1. The van der Waals surface area contributed by atoms with Crippen molar-refractivity contribution < 1.29 is 32.1 Å². The van der Waals surface area contributed by atoms with Crippen LogP contribution in [-0.2, 0) is 30.9 Å². The molecule has 2 rings (SSSR count). The molecule has 0 unspecified atom stereocenters. The highest BCUT2D eigenvalue weighted by Crippen LogP contribution is 2.34. The third-order valence-electron chi connectivity index (χ3n) is 5.47. The highest BCUT2D eigenvalue weighted by atomic mass is 32.2. The molecule has 0 bridgehead atoms. The number of carbonyl (C=O) groups is 2. The molecule has 1 aliphatic heterocycles. The van der Waals surface area contributed by atoms with Gasteiger partial charge in [0.2, 0.25) is 0 Å². The van der Waals surface area contributed by atoms with Gasteiger partial charge in [-0.15, -0.1) is 0 Å². The van der Waals surface area contributed by atoms with Crippen molar-refractivity contribution in [2.24, 2.45) is 10.7 Å². The van der Waals surface area contributed by atoms with Crippen LogP contribution in [0.4, 0.5) is 10.5 Å². The second-order valence-corrected chi connectivity index (χ2v) is 11.4. The predicted octanol–water partition coefficient (Wildman–Crippen LogP) is 4.14. The fourth-order valence-corrected chi connectivity index (χ4v) is 4.45. The topological polar surface area (TPSA) is 161 Å². The quantitative estimate of drug-likeness (QED) is 0.198. The Bertz CT molecular complexity index is 1160. The molecule has 0 saturated carbocycles. The van der Waals surface area contributed by atoms with Crippen LogP contribution in [0, 0.1) is 0 Å². The van der Waals surface area contributed by atoms with Crippen molar-refractivity contribution in [2.45, 2.75) is 83.6 Å². The Balaban J connectivity index is 2.27. The molecule has 0 spiro atoms. The summed E-state index contributed by atoms with van der Waals surface area (Å²) in [5.41, 5.74) is 7.33. The summed E-state index contributed by atoms with van der Waals surface area (Å²) in [7, 11) is -4.50. The van der Waals surface area contributed by atoms with Gasteiger partial charge in [0.1, 0.15) is 11.4 Å². The Labute approximate surface area is 225 Å². The number of rotatable bonds is 12. The first-order valence-corrected chi connectivity index (χ1v) is 14.3. The summed E-state index contributed by atoms with van der Waals surface area (Å²) >= 11 is 0. The van der Waals surface area contributed by atoms with Gasteiger partial charge in [0, 0.05) is 30.6 Å². The Morgan fingerprint density at radius 2 is 1.89 bits per heavy atom. The van der Waals surface area contributed by atoms with E-state index in [4.69, 9.17) is 15.3 Å². The van der Waals surface area contributed by atoms with Gasteiger partial charge in [-0.25, -0.2) is 14.9 Å². The molecule has 11 nitrogen and oxygen atoms in total. The molecule has 0 atom stereocenters. The third kappa shape index (κ3) is 9.73. The van der Waals surface area contributed by atoms with Crippen LogP contribution in [0.25, 0.3) is 6.08 Å². The zero-order valence-electron chi connectivity index (χ0n) is 22.9. The van der Waals surface area contributed by atoms with E-state index in [0.29, 0.717) is 62.1 Å². The van der Waals surface area contributed by atoms with E-state index in [-0.39, 0.29) is 28.7 Å². The number of nitrogens with two attached hydrogens (primary N) is 1. The molecule has 1 aliphatic rings. The highest BCUT2D eigenvalue weighted by molar-refractivity contribution is 7.85. The molecule has 12 heteroatoms. The number of nitrogens with zero attached hydrogens (tertiary/aromatic N) is 2. The monoisotopic (exact) mass is 552 g/mol. The lowest BCUT2D eigenvalue weighted by Gasteiger charge is -2.22. The fraction of sp³-hybridized carbons (Fsp3) is 0.577. The molecule has 212 valence electrons. The van der Waals surface area contributed by atoms with Gasteiger partial charge in [0.05, 0.1) is 17.2 Å². The zero-order chi connectivity index (χ0) is 28.5. The number of aliphatic imine (C=N–C) groups is 1. The Hall–Kier alpha value is -2.96. The average molecular weight is 553 g/mol. The molecular weight excluding hydrogens is 512 g/mol. The Morgan fingerprint density at radius 3 is 2.50 bits per heavy atom. The van der Waals surface area contributed by atoms with Crippen LogP contribution in [0.5, 0.6) is 0 Å². The molecule has 1 heterocycles. The van der Waals surface area contributed by atoms with E-state index in [2.05, 4.69) is 10.3 Å². The molecule has 0 saturated heterocycles. The molecule has 0 aliphatic carbocycles. The molecule has 1 aromatic rings. The van der Waals surface area contributed by atoms with E-state index < -0.39 is 21.8 Å². The van der Waals surface area contributed by atoms with Crippen molar-refractivity contribution in [1.82, 2.24) is 10.4 Å². The number of hydrogen-bond donors (Lipinski definition) is 3. The number of unbranched alkanes of at least 4 members (excludes halogenated alkanes) is 2. The average Bonchev–Trinajstić information content (AvgIpc) is 2.96. The third-order valence-corrected chi connectivity index (χ3v) is 6.30. The second kappa shape index (κ2) is 13.7. The fourth-order valence-electron chi connectivity index (χ4n) is 3.90. The molecule has 1 aromatic carbocycles. The van der Waals surface area contributed by atoms with Gasteiger partial charge in [0.15, 0.2) is 0 Å². The smallest absolute Gasteiger partial charge is 0.407 e. The summed E-state index contributed by atoms with van der Waals surface area (Å²) in [5, 5.41) is 4.01. The van der Waals surface area contributed by atoms with Gasteiger partial charge in [-0.05, 0) is 77.2 Å². The van der Waals surface area contributed by atoms with Crippen LogP contribution in [0.15, 0.2) is 27.6 Å². The molecule has 0 aromatic heterocycles. The van der Waals surface area contributed by atoms with Gasteiger partial charge in [-0.1, -0.05) is 13.3 Å². The van der Waals surface area contributed by atoms with E-state index in [1.54, 1.807) is 33.8 Å². The van der Waals surface area contributed by atoms with Gasteiger partial charge in [0.25, 0.3) is 16.0 Å². The minimum Gasteiger partial charge on any atom is -0.444 e. The van der Waals surface area contributed by atoms with E-state index in [1.807, 2.05) is 6.92 Å². The number of benzene rings is 1. The van der Waals surface area contributed by atoms with Crippen molar-refractivity contribution >= 4 is 39.7 Å². The Morgan fingerprint density at radius 1 is 1.18 bits per heavy atom. The van der Waals surface area contributed by atoms with Crippen molar-refractivity contribution in [3.63, 3.8) is 0 Å².